The van der Waals surface area contributed by atoms with E-state index in [9.17, 15) is 0 Å². The summed E-state index contributed by atoms with van der Waals surface area (Å²) in [6, 6.07) is 8.40. The smallest absolute Gasteiger partial charge is 0.119 e. The second kappa shape index (κ2) is 7.86. The van der Waals surface area contributed by atoms with E-state index in [-0.39, 0.29) is 0 Å². The van der Waals surface area contributed by atoms with Crippen molar-refractivity contribution in [2.24, 2.45) is 5.73 Å². The first kappa shape index (κ1) is 15.6. The van der Waals surface area contributed by atoms with Crippen LogP contribution in [-0.4, -0.2) is 47.6 Å². The molecule has 1 aromatic rings. The maximum absolute atomic E-state index is 5.74. The summed E-state index contributed by atoms with van der Waals surface area (Å²) in [5, 5.41) is 0. The molecule has 5 heteroatoms. The van der Waals surface area contributed by atoms with E-state index in [1.165, 1.54) is 17.9 Å². The third kappa shape index (κ3) is 4.65. The number of thioether (sulfide) groups is 1. The Bertz CT molecular complexity index is 430. The van der Waals surface area contributed by atoms with Crippen LogP contribution in [0.1, 0.15) is 18.4 Å². The summed E-state index contributed by atoms with van der Waals surface area (Å²) in [5.74, 6) is 3.46. The molecule has 0 aromatic heterocycles. The Labute approximate surface area is 130 Å². The highest BCUT2D eigenvalue weighted by Gasteiger charge is 2.19. The molecule has 20 heavy (non-hydrogen) atoms. The number of thiocarbonyl (C=S) groups is 1. The minimum absolute atomic E-state index is 0.424. The monoisotopic (exact) mass is 310 g/mol. The van der Waals surface area contributed by atoms with E-state index in [2.05, 4.69) is 23.7 Å². The molecule has 2 rings (SSSR count). The van der Waals surface area contributed by atoms with Crippen molar-refractivity contribution in [1.29, 1.82) is 0 Å². The first-order chi connectivity index (χ1) is 9.66. The predicted octanol–water partition coefficient (Wildman–Crippen LogP) is 2.53. The molecule has 110 valence electrons. The highest BCUT2D eigenvalue weighted by Crippen LogP contribution is 2.21. The third-order valence-electron chi connectivity index (χ3n) is 3.59. The molecule has 1 aromatic carbocycles. The highest BCUT2D eigenvalue weighted by atomic mass is 32.2. The van der Waals surface area contributed by atoms with Gasteiger partial charge in [0.15, 0.2) is 0 Å². The summed E-state index contributed by atoms with van der Waals surface area (Å²) < 4.78 is 5.74. The molecular formula is C15H22N2OS2. The molecule has 0 bridgehead atoms. The van der Waals surface area contributed by atoms with Gasteiger partial charge in [0, 0.05) is 23.9 Å². The Hall–Kier alpha value is -0.780. The molecule has 2 N–H and O–H groups in total. The summed E-state index contributed by atoms with van der Waals surface area (Å²) in [7, 11) is 2.22. The van der Waals surface area contributed by atoms with Crippen molar-refractivity contribution < 1.29 is 4.74 Å². The molecule has 1 aliphatic heterocycles. The number of nitrogens with zero attached hydrogens (tertiary/aromatic N) is 1. The maximum atomic E-state index is 5.74. The molecule has 3 nitrogen and oxygen atoms in total. The predicted molar refractivity (Wildman–Crippen MR) is 90.8 cm³/mol. The summed E-state index contributed by atoms with van der Waals surface area (Å²) >= 11 is 6.98. The molecule has 1 heterocycles. The third-order valence-corrected chi connectivity index (χ3v) is 4.97. The first-order valence-corrected chi connectivity index (χ1v) is 8.54. The lowest BCUT2D eigenvalue weighted by atomic mass is 10.2. The molecule has 1 saturated heterocycles. The van der Waals surface area contributed by atoms with Crippen LogP contribution in [0, 0.1) is 0 Å². The van der Waals surface area contributed by atoms with Gasteiger partial charge in [0.05, 0.1) is 6.61 Å². The molecule has 1 fully saturated rings. The van der Waals surface area contributed by atoms with Crippen LogP contribution in [0.5, 0.6) is 5.75 Å². The molecule has 0 aliphatic carbocycles. The number of hydrogen-bond acceptors (Lipinski definition) is 4. The molecule has 0 saturated carbocycles. The lowest BCUT2D eigenvalue weighted by Crippen LogP contribution is -2.32. The van der Waals surface area contributed by atoms with Crippen molar-refractivity contribution in [2.75, 3.05) is 31.7 Å². The van der Waals surface area contributed by atoms with E-state index in [1.54, 1.807) is 0 Å². The van der Waals surface area contributed by atoms with E-state index in [0.717, 1.165) is 36.9 Å². The van der Waals surface area contributed by atoms with Gasteiger partial charge in [-0.15, -0.1) is 0 Å². The number of ether oxygens (including phenoxy) is 1. The summed E-state index contributed by atoms with van der Waals surface area (Å²) in [6.07, 6.45) is 2.37. The Balaban J connectivity index is 1.66. The van der Waals surface area contributed by atoms with Crippen molar-refractivity contribution in [3.63, 3.8) is 0 Å². The lowest BCUT2D eigenvalue weighted by Gasteiger charge is -2.23. The Kier molecular flexibility index (Phi) is 6.13. The van der Waals surface area contributed by atoms with Gasteiger partial charge in [0.1, 0.15) is 10.7 Å². The van der Waals surface area contributed by atoms with Crippen LogP contribution in [0.2, 0.25) is 0 Å². The van der Waals surface area contributed by atoms with E-state index in [1.807, 2.05) is 24.3 Å². The zero-order chi connectivity index (χ0) is 14.4. The zero-order valence-corrected chi connectivity index (χ0v) is 13.5. The van der Waals surface area contributed by atoms with Crippen molar-refractivity contribution in [3.8, 4) is 5.75 Å². The SMILES string of the molecule is CN(CCCOc1ccc(C(N)=S)cc1)C1CCSC1. The normalized spacial score (nSPS) is 18.4. The fourth-order valence-corrected chi connectivity index (χ4v) is 3.71. The molecular weight excluding hydrogens is 288 g/mol. The second-order valence-corrected chi connectivity index (χ2v) is 6.68. The lowest BCUT2D eigenvalue weighted by molar-refractivity contribution is 0.227. The van der Waals surface area contributed by atoms with Crippen LogP contribution in [0.3, 0.4) is 0 Å². The van der Waals surface area contributed by atoms with Crippen molar-refractivity contribution >= 4 is 29.0 Å². The number of rotatable bonds is 7. The van der Waals surface area contributed by atoms with Crippen LogP contribution in [0.25, 0.3) is 0 Å². The molecule has 0 spiro atoms. The van der Waals surface area contributed by atoms with Gasteiger partial charge in [-0.2, -0.15) is 11.8 Å². The highest BCUT2D eigenvalue weighted by molar-refractivity contribution is 7.99. The molecule has 0 radical (unpaired) electrons. The van der Waals surface area contributed by atoms with Crippen LogP contribution < -0.4 is 10.5 Å². The average molecular weight is 310 g/mol. The van der Waals surface area contributed by atoms with Crippen LogP contribution in [0.15, 0.2) is 24.3 Å². The van der Waals surface area contributed by atoms with Crippen molar-refractivity contribution in [3.05, 3.63) is 29.8 Å². The molecule has 1 unspecified atom stereocenters. The Morgan fingerprint density at radius 2 is 2.20 bits per heavy atom. The van der Waals surface area contributed by atoms with Gasteiger partial charge < -0.3 is 15.4 Å². The standard InChI is InChI=1S/C15H22N2OS2/c1-17(13-7-10-20-11-13)8-2-9-18-14-5-3-12(4-6-14)15(16)19/h3-6,13H,2,7-11H2,1H3,(H2,16,19). The van der Waals surface area contributed by atoms with Crippen LogP contribution >= 0.6 is 24.0 Å². The van der Waals surface area contributed by atoms with Gasteiger partial charge in [0.25, 0.3) is 0 Å². The molecule has 1 aliphatic rings. The number of hydrogen-bond donors (Lipinski definition) is 1. The van der Waals surface area contributed by atoms with E-state index >= 15 is 0 Å². The number of benzene rings is 1. The largest absolute Gasteiger partial charge is 0.494 e. The Morgan fingerprint density at radius 1 is 1.45 bits per heavy atom. The van der Waals surface area contributed by atoms with Gasteiger partial charge in [-0.25, -0.2) is 0 Å². The minimum Gasteiger partial charge on any atom is -0.494 e. The van der Waals surface area contributed by atoms with Gasteiger partial charge >= 0.3 is 0 Å². The summed E-state index contributed by atoms with van der Waals surface area (Å²) in [6.45, 7) is 1.84. The Morgan fingerprint density at radius 3 is 2.80 bits per heavy atom. The number of nitrogens with two attached hydrogens (primary N) is 1. The van der Waals surface area contributed by atoms with Gasteiger partial charge in [0.2, 0.25) is 0 Å². The van der Waals surface area contributed by atoms with Gasteiger partial charge in [-0.05, 0) is 49.9 Å². The minimum atomic E-state index is 0.424. The summed E-state index contributed by atoms with van der Waals surface area (Å²) in [5.41, 5.74) is 6.44. The van der Waals surface area contributed by atoms with Crippen molar-refractivity contribution in [2.45, 2.75) is 18.9 Å². The molecule has 0 amide bonds. The zero-order valence-electron chi connectivity index (χ0n) is 11.9. The first-order valence-electron chi connectivity index (χ1n) is 6.97. The van der Waals surface area contributed by atoms with Gasteiger partial charge in [-0.1, -0.05) is 12.2 Å². The average Bonchev–Trinajstić information content (AvgIpc) is 2.98. The van der Waals surface area contributed by atoms with Crippen molar-refractivity contribution in [1.82, 2.24) is 4.90 Å². The summed E-state index contributed by atoms with van der Waals surface area (Å²) in [4.78, 5) is 2.88. The van der Waals surface area contributed by atoms with E-state index in [0.29, 0.717) is 4.99 Å². The van der Waals surface area contributed by atoms with E-state index in [4.69, 9.17) is 22.7 Å². The maximum Gasteiger partial charge on any atom is 0.119 e. The fraction of sp³-hybridized carbons (Fsp3) is 0.533. The molecule has 1 atom stereocenters. The quantitative estimate of drug-likeness (QED) is 0.619. The van der Waals surface area contributed by atoms with Gasteiger partial charge in [-0.3, -0.25) is 0 Å². The van der Waals surface area contributed by atoms with Crippen LogP contribution in [-0.2, 0) is 0 Å². The van der Waals surface area contributed by atoms with Crippen LogP contribution in [0.4, 0.5) is 0 Å². The second-order valence-electron chi connectivity index (χ2n) is 5.09. The van der Waals surface area contributed by atoms with E-state index < -0.39 is 0 Å². The fourth-order valence-electron chi connectivity index (χ4n) is 2.27. The topological polar surface area (TPSA) is 38.5 Å².